The van der Waals surface area contributed by atoms with E-state index >= 15 is 0 Å². The molecule has 1 heterocycles. The van der Waals surface area contributed by atoms with Crippen LogP contribution < -0.4 is 10.1 Å². The molecule has 0 radical (unpaired) electrons. The lowest BCUT2D eigenvalue weighted by atomic mass is 9.95. The molecule has 1 saturated heterocycles. The van der Waals surface area contributed by atoms with E-state index in [1.165, 1.54) is 0 Å². The predicted octanol–water partition coefficient (Wildman–Crippen LogP) is 4.11. The zero-order valence-corrected chi connectivity index (χ0v) is 15.4. The van der Waals surface area contributed by atoms with Crippen LogP contribution in [0.3, 0.4) is 0 Å². The highest BCUT2D eigenvalue weighted by molar-refractivity contribution is 9.10. The molecule has 3 rings (SSSR count). The smallest absolute Gasteiger partial charge is 0.124 e. The van der Waals surface area contributed by atoms with Gasteiger partial charge in [0.05, 0.1) is 13.2 Å². The fourth-order valence-electron chi connectivity index (χ4n) is 3.12. The summed E-state index contributed by atoms with van der Waals surface area (Å²) in [7, 11) is 1.72. The van der Waals surface area contributed by atoms with Gasteiger partial charge < -0.3 is 10.1 Å². The second-order valence-corrected chi connectivity index (χ2v) is 6.92. The van der Waals surface area contributed by atoms with E-state index in [0.29, 0.717) is 0 Å². The van der Waals surface area contributed by atoms with Gasteiger partial charge in [-0.1, -0.05) is 45.7 Å². The van der Waals surface area contributed by atoms with Crippen molar-refractivity contribution >= 4 is 27.5 Å². The molecule has 2 aromatic carbocycles. The molecule has 1 aliphatic rings. The third kappa shape index (κ3) is 3.72. The normalized spacial score (nSPS) is 17.0. The predicted molar refractivity (Wildman–Crippen MR) is 98.4 cm³/mol. The average molecular weight is 396 g/mol. The zero-order valence-electron chi connectivity index (χ0n) is 13.1. The Bertz CT molecular complexity index is 674. The Labute approximate surface area is 150 Å². The second-order valence-electron chi connectivity index (χ2n) is 5.60. The van der Waals surface area contributed by atoms with Crippen molar-refractivity contribution in [2.45, 2.75) is 6.04 Å². The molecule has 23 heavy (non-hydrogen) atoms. The summed E-state index contributed by atoms with van der Waals surface area (Å²) < 4.78 is 6.67. The summed E-state index contributed by atoms with van der Waals surface area (Å²) >= 11 is 10.1. The van der Waals surface area contributed by atoms with Crippen molar-refractivity contribution in [3.63, 3.8) is 0 Å². The van der Waals surface area contributed by atoms with Crippen molar-refractivity contribution in [2.24, 2.45) is 0 Å². The molecule has 1 unspecified atom stereocenters. The lowest BCUT2D eigenvalue weighted by Gasteiger charge is -2.36. The molecule has 0 aromatic heterocycles. The highest BCUT2D eigenvalue weighted by atomic mass is 79.9. The standard InChI is InChI=1S/C18H20BrClN2O/c1-23-17-7-6-13(19)12-15(17)18(22-10-8-21-9-11-22)14-4-2-3-5-16(14)20/h2-7,12,18,21H,8-11H2,1H3. The molecule has 5 heteroatoms. The first-order valence-corrected chi connectivity index (χ1v) is 8.90. The fourth-order valence-corrected chi connectivity index (χ4v) is 3.73. The average Bonchev–Trinajstić information content (AvgIpc) is 2.58. The molecular weight excluding hydrogens is 376 g/mol. The van der Waals surface area contributed by atoms with Crippen LogP contribution >= 0.6 is 27.5 Å². The van der Waals surface area contributed by atoms with E-state index < -0.39 is 0 Å². The summed E-state index contributed by atoms with van der Waals surface area (Å²) in [6.07, 6.45) is 0. The second kappa shape index (κ2) is 7.67. The monoisotopic (exact) mass is 394 g/mol. The van der Waals surface area contributed by atoms with E-state index in [1.54, 1.807) is 7.11 Å². The first-order valence-electron chi connectivity index (χ1n) is 7.73. The third-order valence-electron chi connectivity index (χ3n) is 4.20. The van der Waals surface area contributed by atoms with Crippen molar-refractivity contribution in [3.8, 4) is 5.75 Å². The Morgan fingerprint density at radius 3 is 2.57 bits per heavy atom. The van der Waals surface area contributed by atoms with Gasteiger partial charge in [0.25, 0.3) is 0 Å². The minimum atomic E-state index is 0.0817. The van der Waals surface area contributed by atoms with Gasteiger partial charge in [0.2, 0.25) is 0 Å². The summed E-state index contributed by atoms with van der Waals surface area (Å²) in [4.78, 5) is 2.46. The lowest BCUT2D eigenvalue weighted by Crippen LogP contribution is -2.45. The summed E-state index contributed by atoms with van der Waals surface area (Å²) in [5.74, 6) is 0.886. The van der Waals surface area contributed by atoms with Crippen molar-refractivity contribution in [1.29, 1.82) is 0 Å². The maximum Gasteiger partial charge on any atom is 0.124 e. The van der Waals surface area contributed by atoms with Crippen LogP contribution in [0.5, 0.6) is 5.75 Å². The van der Waals surface area contributed by atoms with Crippen LogP contribution in [0.25, 0.3) is 0 Å². The molecule has 0 spiro atoms. The van der Waals surface area contributed by atoms with Crippen LogP contribution in [0.15, 0.2) is 46.9 Å². The minimum absolute atomic E-state index is 0.0817. The molecular formula is C18H20BrClN2O. The van der Waals surface area contributed by atoms with Crippen LogP contribution in [0.4, 0.5) is 0 Å². The third-order valence-corrected chi connectivity index (χ3v) is 5.04. The van der Waals surface area contributed by atoms with E-state index in [1.807, 2.05) is 30.3 Å². The number of nitrogens with one attached hydrogen (secondary N) is 1. The number of methoxy groups -OCH3 is 1. The Morgan fingerprint density at radius 2 is 1.87 bits per heavy atom. The minimum Gasteiger partial charge on any atom is -0.496 e. The van der Waals surface area contributed by atoms with Gasteiger partial charge in [-0.25, -0.2) is 0 Å². The van der Waals surface area contributed by atoms with E-state index in [0.717, 1.165) is 52.6 Å². The van der Waals surface area contributed by atoms with Crippen molar-refractivity contribution in [3.05, 3.63) is 63.1 Å². The van der Waals surface area contributed by atoms with Crippen LogP contribution in [-0.4, -0.2) is 38.2 Å². The topological polar surface area (TPSA) is 24.5 Å². The van der Waals surface area contributed by atoms with Crippen LogP contribution in [0, 0.1) is 0 Å². The maximum atomic E-state index is 6.53. The highest BCUT2D eigenvalue weighted by Crippen LogP contribution is 2.39. The van der Waals surface area contributed by atoms with Crippen molar-refractivity contribution in [1.82, 2.24) is 10.2 Å². The van der Waals surface area contributed by atoms with Gasteiger partial charge in [-0.2, -0.15) is 0 Å². The van der Waals surface area contributed by atoms with Gasteiger partial charge in [-0.05, 0) is 29.8 Å². The number of halogens is 2. The number of ether oxygens (including phenoxy) is 1. The first-order chi connectivity index (χ1) is 11.2. The lowest BCUT2D eigenvalue weighted by molar-refractivity contribution is 0.195. The summed E-state index contributed by atoms with van der Waals surface area (Å²) in [6, 6.07) is 14.3. The molecule has 1 N–H and O–H groups in total. The number of piperazine rings is 1. The molecule has 1 fully saturated rings. The summed E-state index contributed by atoms with van der Waals surface area (Å²) in [5.41, 5.74) is 2.25. The zero-order chi connectivity index (χ0) is 16.2. The molecule has 0 aliphatic carbocycles. The maximum absolute atomic E-state index is 6.53. The van der Waals surface area contributed by atoms with E-state index in [2.05, 4.69) is 38.3 Å². The SMILES string of the molecule is COc1ccc(Br)cc1C(c1ccccc1Cl)N1CCNCC1. The number of hydrogen-bond acceptors (Lipinski definition) is 3. The van der Waals surface area contributed by atoms with Gasteiger partial charge in [-0.15, -0.1) is 0 Å². The Hall–Kier alpha value is -1.07. The molecule has 0 amide bonds. The van der Waals surface area contributed by atoms with Gasteiger partial charge in [0, 0.05) is 41.2 Å². The number of rotatable bonds is 4. The summed E-state index contributed by atoms with van der Waals surface area (Å²) in [6.45, 7) is 3.92. The Kier molecular flexibility index (Phi) is 5.59. The van der Waals surface area contributed by atoms with Crippen molar-refractivity contribution in [2.75, 3.05) is 33.3 Å². The van der Waals surface area contributed by atoms with Crippen LogP contribution in [0.1, 0.15) is 17.2 Å². The quantitative estimate of drug-likeness (QED) is 0.843. The largest absolute Gasteiger partial charge is 0.496 e. The van der Waals surface area contributed by atoms with Gasteiger partial charge in [-0.3, -0.25) is 4.90 Å². The van der Waals surface area contributed by atoms with E-state index in [9.17, 15) is 0 Å². The molecule has 1 aliphatic heterocycles. The molecule has 1 atom stereocenters. The molecule has 0 bridgehead atoms. The van der Waals surface area contributed by atoms with Gasteiger partial charge in [0.1, 0.15) is 5.75 Å². The van der Waals surface area contributed by atoms with E-state index in [4.69, 9.17) is 16.3 Å². The Balaban J connectivity index is 2.12. The first kappa shape index (κ1) is 16.8. The van der Waals surface area contributed by atoms with E-state index in [-0.39, 0.29) is 6.04 Å². The highest BCUT2D eigenvalue weighted by Gasteiger charge is 2.28. The molecule has 122 valence electrons. The summed E-state index contributed by atoms with van der Waals surface area (Å²) in [5, 5.41) is 4.20. The van der Waals surface area contributed by atoms with Gasteiger partial charge in [0.15, 0.2) is 0 Å². The molecule has 3 nitrogen and oxygen atoms in total. The van der Waals surface area contributed by atoms with Crippen LogP contribution in [0.2, 0.25) is 5.02 Å². The number of hydrogen-bond donors (Lipinski definition) is 1. The number of benzene rings is 2. The van der Waals surface area contributed by atoms with Gasteiger partial charge >= 0.3 is 0 Å². The Morgan fingerprint density at radius 1 is 1.13 bits per heavy atom. The fraction of sp³-hybridized carbons (Fsp3) is 0.333. The van der Waals surface area contributed by atoms with Crippen molar-refractivity contribution < 1.29 is 4.74 Å². The number of nitrogens with zero attached hydrogens (tertiary/aromatic N) is 1. The molecule has 0 saturated carbocycles. The van der Waals surface area contributed by atoms with Crippen LogP contribution in [-0.2, 0) is 0 Å². The molecule has 2 aromatic rings.